The number of hydrogen-bond donors (Lipinski definition) is 1. The zero-order valence-corrected chi connectivity index (χ0v) is 18.7. The van der Waals surface area contributed by atoms with E-state index in [0.717, 1.165) is 22.8 Å². The third-order valence-electron chi connectivity index (χ3n) is 5.34. The summed E-state index contributed by atoms with van der Waals surface area (Å²) in [5.74, 6) is 1.98. The van der Waals surface area contributed by atoms with Gasteiger partial charge in [0.1, 0.15) is 5.69 Å². The predicted molar refractivity (Wildman–Crippen MR) is 121 cm³/mol. The van der Waals surface area contributed by atoms with Crippen molar-refractivity contribution >= 4 is 17.2 Å². The Labute approximate surface area is 185 Å². The highest BCUT2D eigenvalue weighted by atomic mass is 35.5. The normalized spacial score (nSPS) is 13.6. The van der Waals surface area contributed by atoms with Crippen molar-refractivity contribution in [3.63, 3.8) is 0 Å². The quantitative estimate of drug-likeness (QED) is 0.641. The fraction of sp³-hybridized carbons (Fsp3) is 0.240. The van der Waals surface area contributed by atoms with Crippen LogP contribution >= 0.6 is 0 Å². The summed E-state index contributed by atoms with van der Waals surface area (Å²) in [4.78, 5) is 0. The second-order valence-corrected chi connectivity index (χ2v) is 8.11. The minimum Gasteiger partial charge on any atom is -1.00 e. The molecular formula is C25H29ClN4. The molecule has 0 fully saturated rings. The van der Waals surface area contributed by atoms with Gasteiger partial charge in [-0.05, 0) is 59.4 Å². The first-order valence-corrected chi connectivity index (χ1v) is 10.3. The highest BCUT2D eigenvalue weighted by Gasteiger charge is 2.31. The van der Waals surface area contributed by atoms with Gasteiger partial charge in [0.25, 0.3) is 5.84 Å². The van der Waals surface area contributed by atoms with Crippen molar-refractivity contribution in [2.24, 2.45) is 5.10 Å². The number of hydrazine groups is 1. The van der Waals surface area contributed by atoms with Gasteiger partial charge in [0.2, 0.25) is 0 Å². The lowest BCUT2D eigenvalue weighted by Crippen LogP contribution is -3.00. The molecule has 0 bridgehead atoms. The Hall–Kier alpha value is -2.82. The molecule has 4 nitrogen and oxygen atoms in total. The number of rotatable bonds is 5. The lowest BCUT2D eigenvalue weighted by molar-refractivity contribution is -0.545. The SMILES string of the molecule is CC(C)c1ccc(N2N=C(c3ccccc3)[NH2+]N2c2ccc(C(C)C)cc2)cc1.[Cl-]. The van der Waals surface area contributed by atoms with Crippen LogP contribution in [0.15, 0.2) is 84.0 Å². The standard InChI is InChI=1S/C25H28N4.ClH/c1-18(2)20-10-14-23(15-11-20)28-26-25(22-8-6-5-7-9-22)27-29(28)24-16-12-21(13-17-24)19(3)4;/h5-19H,1-4H3,(H,26,27);1H. The molecule has 0 amide bonds. The Morgan fingerprint density at radius 2 is 1.17 bits per heavy atom. The number of hydrogen-bond acceptors (Lipinski definition) is 3. The second-order valence-electron chi connectivity index (χ2n) is 8.11. The van der Waals surface area contributed by atoms with E-state index in [-0.39, 0.29) is 12.4 Å². The molecule has 5 heteroatoms. The summed E-state index contributed by atoms with van der Waals surface area (Å²) in [6.45, 7) is 8.87. The van der Waals surface area contributed by atoms with E-state index in [1.807, 2.05) is 23.3 Å². The average Bonchev–Trinajstić information content (AvgIpc) is 3.20. The van der Waals surface area contributed by atoms with Crippen LogP contribution < -0.4 is 28.1 Å². The van der Waals surface area contributed by atoms with E-state index < -0.39 is 0 Å². The first-order chi connectivity index (χ1) is 14.0. The molecule has 0 saturated heterocycles. The molecule has 156 valence electrons. The predicted octanol–water partition coefficient (Wildman–Crippen LogP) is 2.02. The third kappa shape index (κ3) is 4.50. The Bertz CT molecular complexity index is 980. The lowest BCUT2D eigenvalue weighted by atomic mass is 10.0. The van der Waals surface area contributed by atoms with Gasteiger partial charge in [-0.15, -0.1) is 10.2 Å². The summed E-state index contributed by atoms with van der Waals surface area (Å²) in [5.41, 5.74) is 8.02. The number of quaternary nitrogens is 1. The zero-order chi connectivity index (χ0) is 20.4. The number of hydrazone groups is 1. The van der Waals surface area contributed by atoms with Crippen molar-refractivity contribution in [2.45, 2.75) is 39.5 Å². The number of nitrogens with two attached hydrogens (primary N) is 1. The Balaban J connectivity index is 0.00000256. The van der Waals surface area contributed by atoms with Crippen LogP contribution in [0.4, 0.5) is 11.4 Å². The van der Waals surface area contributed by atoms with Gasteiger partial charge in [0, 0.05) is 0 Å². The minimum absolute atomic E-state index is 0. The maximum atomic E-state index is 4.94. The molecule has 1 heterocycles. The number of benzene rings is 3. The summed E-state index contributed by atoms with van der Waals surface area (Å²) in [5, 5.41) is 9.04. The summed E-state index contributed by atoms with van der Waals surface area (Å²) >= 11 is 0. The molecule has 3 aromatic rings. The molecular weight excluding hydrogens is 392 g/mol. The van der Waals surface area contributed by atoms with E-state index in [1.165, 1.54) is 11.1 Å². The molecule has 30 heavy (non-hydrogen) atoms. The van der Waals surface area contributed by atoms with Crippen molar-refractivity contribution in [1.29, 1.82) is 0 Å². The van der Waals surface area contributed by atoms with Gasteiger partial charge in [-0.25, -0.2) is 0 Å². The lowest BCUT2D eigenvalue weighted by Gasteiger charge is -2.24. The maximum absolute atomic E-state index is 4.94. The summed E-state index contributed by atoms with van der Waals surface area (Å²) in [6.07, 6.45) is 0. The van der Waals surface area contributed by atoms with Gasteiger partial charge in [-0.1, -0.05) is 75.3 Å². The molecule has 1 aliphatic heterocycles. The number of halogens is 1. The molecule has 0 unspecified atom stereocenters. The van der Waals surface area contributed by atoms with E-state index in [1.54, 1.807) is 0 Å². The Morgan fingerprint density at radius 3 is 1.67 bits per heavy atom. The Morgan fingerprint density at radius 1 is 0.667 bits per heavy atom. The van der Waals surface area contributed by atoms with Crippen LogP contribution in [0.25, 0.3) is 0 Å². The van der Waals surface area contributed by atoms with Crippen molar-refractivity contribution < 1.29 is 17.8 Å². The molecule has 0 spiro atoms. The van der Waals surface area contributed by atoms with Gasteiger partial charge >= 0.3 is 0 Å². The molecule has 0 radical (unpaired) electrons. The van der Waals surface area contributed by atoms with Crippen LogP contribution in [-0.4, -0.2) is 5.84 Å². The van der Waals surface area contributed by atoms with Crippen LogP contribution in [-0.2, 0) is 0 Å². The van der Waals surface area contributed by atoms with Crippen LogP contribution in [0, 0.1) is 0 Å². The molecule has 0 atom stereocenters. The van der Waals surface area contributed by atoms with Crippen LogP contribution in [0.5, 0.6) is 0 Å². The second kappa shape index (κ2) is 9.33. The number of nitrogens with zero attached hydrogens (tertiary/aromatic N) is 3. The van der Waals surface area contributed by atoms with Crippen molar-refractivity contribution in [1.82, 2.24) is 0 Å². The van der Waals surface area contributed by atoms with Crippen molar-refractivity contribution in [2.75, 3.05) is 10.2 Å². The molecule has 0 saturated carbocycles. The first kappa shape index (κ1) is 21.9. The van der Waals surface area contributed by atoms with Crippen LogP contribution in [0.2, 0.25) is 0 Å². The highest BCUT2D eigenvalue weighted by molar-refractivity contribution is 5.93. The van der Waals surface area contributed by atoms with Gasteiger partial charge in [-0.2, -0.15) is 5.43 Å². The molecule has 0 aliphatic carbocycles. The topological polar surface area (TPSA) is 35.5 Å². The minimum atomic E-state index is 0. The smallest absolute Gasteiger partial charge is 0.277 e. The van der Waals surface area contributed by atoms with E-state index in [9.17, 15) is 0 Å². The van der Waals surface area contributed by atoms with Gasteiger partial charge < -0.3 is 12.4 Å². The van der Waals surface area contributed by atoms with Crippen molar-refractivity contribution in [3.05, 3.63) is 95.6 Å². The van der Waals surface area contributed by atoms with Gasteiger partial charge in [-0.3, -0.25) is 0 Å². The summed E-state index contributed by atoms with van der Waals surface area (Å²) in [6, 6.07) is 27.8. The highest BCUT2D eigenvalue weighted by Crippen LogP contribution is 2.26. The Kier molecular flexibility index (Phi) is 6.80. The number of anilines is 2. The van der Waals surface area contributed by atoms with E-state index in [0.29, 0.717) is 11.8 Å². The van der Waals surface area contributed by atoms with E-state index >= 15 is 0 Å². The largest absolute Gasteiger partial charge is 1.00 e. The average molecular weight is 421 g/mol. The third-order valence-corrected chi connectivity index (χ3v) is 5.34. The van der Waals surface area contributed by atoms with E-state index in [4.69, 9.17) is 5.10 Å². The van der Waals surface area contributed by atoms with E-state index in [2.05, 4.69) is 98.9 Å². The van der Waals surface area contributed by atoms with Gasteiger partial charge in [0.05, 0.1) is 11.3 Å². The molecule has 0 aromatic heterocycles. The molecule has 4 rings (SSSR count). The summed E-state index contributed by atoms with van der Waals surface area (Å²) < 4.78 is 0. The van der Waals surface area contributed by atoms with Crippen LogP contribution in [0.1, 0.15) is 56.2 Å². The summed E-state index contributed by atoms with van der Waals surface area (Å²) in [7, 11) is 0. The number of amidine groups is 1. The van der Waals surface area contributed by atoms with Crippen LogP contribution in [0.3, 0.4) is 0 Å². The molecule has 2 N–H and O–H groups in total. The van der Waals surface area contributed by atoms with Crippen molar-refractivity contribution in [3.8, 4) is 0 Å². The monoisotopic (exact) mass is 420 g/mol. The fourth-order valence-electron chi connectivity index (χ4n) is 3.46. The zero-order valence-electron chi connectivity index (χ0n) is 18.0. The molecule has 1 aliphatic rings. The fourth-order valence-corrected chi connectivity index (χ4v) is 3.46. The molecule has 3 aromatic carbocycles. The first-order valence-electron chi connectivity index (χ1n) is 10.3. The maximum Gasteiger partial charge on any atom is 0.277 e. The van der Waals surface area contributed by atoms with Gasteiger partial charge in [0.15, 0.2) is 0 Å².